The highest BCUT2D eigenvalue weighted by molar-refractivity contribution is 7.16. The maximum Gasteiger partial charge on any atom is 0.257 e. The average Bonchev–Trinajstić information content (AvgIpc) is 3.50. The monoisotopic (exact) mass is 493 g/mol. The Balaban J connectivity index is 1.24. The number of amides is 2. The Morgan fingerprint density at radius 3 is 2.68 bits per heavy atom. The zero-order valence-electron chi connectivity index (χ0n) is 18.0. The molecule has 0 radical (unpaired) electrons. The second kappa shape index (κ2) is 9.74. The lowest BCUT2D eigenvalue weighted by molar-refractivity contribution is -0.123. The van der Waals surface area contributed by atoms with Crippen molar-refractivity contribution in [3.05, 3.63) is 81.6 Å². The third-order valence-corrected chi connectivity index (χ3v) is 6.81. The van der Waals surface area contributed by atoms with Crippen molar-refractivity contribution in [3.63, 3.8) is 0 Å². The van der Waals surface area contributed by atoms with E-state index in [1.807, 2.05) is 30.3 Å². The zero-order chi connectivity index (χ0) is 23.5. The molecule has 2 heterocycles. The molecule has 0 saturated heterocycles. The van der Waals surface area contributed by atoms with Gasteiger partial charge in [0.1, 0.15) is 0 Å². The molecule has 1 aliphatic carbocycles. The van der Waals surface area contributed by atoms with Gasteiger partial charge in [0, 0.05) is 21.0 Å². The first kappa shape index (κ1) is 22.2. The molecular formula is C24H20ClN5O3S. The van der Waals surface area contributed by atoms with Gasteiger partial charge in [0.15, 0.2) is 5.13 Å². The Morgan fingerprint density at radius 2 is 1.88 bits per heavy atom. The van der Waals surface area contributed by atoms with Crippen molar-refractivity contribution < 1.29 is 14.1 Å². The van der Waals surface area contributed by atoms with Gasteiger partial charge in [-0.3, -0.25) is 14.9 Å². The molecule has 2 amide bonds. The minimum absolute atomic E-state index is 0.134. The summed E-state index contributed by atoms with van der Waals surface area (Å²) in [6, 6.07) is 16.1. The minimum atomic E-state index is -0.391. The fourth-order valence-electron chi connectivity index (χ4n) is 3.81. The van der Waals surface area contributed by atoms with E-state index in [1.165, 1.54) is 11.3 Å². The first-order chi connectivity index (χ1) is 16.6. The van der Waals surface area contributed by atoms with Gasteiger partial charge in [-0.05, 0) is 43.5 Å². The number of fused-ring (bicyclic) bond motifs is 1. The van der Waals surface area contributed by atoms with E-state index in [-0.39, 0.29) is 18.4 Å². The third-order valence-electron chi connectivity index (χ3n) is 5.51. The highest BCUT2D eigenvalue weighted by atomic mass is 35.5. The van der Waals surface area contributed by atoms with Crippen LogP contribution in [0.3, 0.4) is 0 Å². The summed E-state index contributed by atoms with van der Waals surface area (Å²) < 4.78 is 5.28. The van der Waals surface area contributed by atoms with Crippen molar-refractivity contribution in [1.29, 1.82) is 0 Å². The SMILES string of the molecule is O=C(Nc1nc2c(s1)CCCC2C(=O)NCc1nc(-c2ccccc2)no1)c1ccc(Cl)cc1. The van der Waals surface area contributed by atoms with Gasteiger partial charge in [0.2, 0.25) is 17.6 Å². The summed E-state index contributed by atoms with van der Waals surface area (Å²) in [5, 5.41) is 10.7. The standard InChI is InChI=1S/C24H20ClN5O3S/c25-16-11-9-15(10-12-16)22(31)29-24-28-20-17(7-4-8-18(20)34-24)23(32)26-13-19-27-21(30-33-19)14-5-2-1-3-6-14/h1-3,5-6,9-12,17H,4,7-8,13H2,(H,26,32)(H,28,29,31). The number of halogens is 1. The van der Waals surface area contributed by atoms with Gasteiger partial charge in [0.25, 0.3) is 5.91 Å². The summed E-state index contributed by atoms with van der Waals surface area (Å²) in [4.78, 5) is 35.4. The van der Waals surface area contributed by atoms with Crippen LogP contribution in [-0.4, -0.2) is 26.9 Å². The molecule has 1 atom stereocenters. The highest BCUT2D eigenvalue weighted by Crippen LogP contribution is 2.37. The Hall–Kier alpha value is -3.56. The molecule has 0 bridgehead atoms. The molecule has 2 aromatic heterocycles. The van der Waals surface area contributed by atoms with Gasteiger partial charge in [-0.2, -0.15) is 4.98 Å². The van der Waals surface area contributed by atoms with Crippen LogP contribution in [0, 0.1) is 0 Å². The van der Waals surface area contributed by atoms with E-state index in [0.717, 1.165) is 29.0 Å². The second-order valence-corrected chi connectivity index (χ2v) is 9.35. The number of rotatable bonds is 6. The summed E-state index contributed by atoms with van der Waals surface area (Å²) in [5.41, 5.74) is 2.05. The van der Waals surface area contributed by atoms with E-state index in [1.54, 1.807) is 24.3 Å². The second-order valence-electron chi connectivity index (χ2n) is 7.83. The molecule has 1 unspecified atom stereocenters. The van der Waals surface area contributed by atoms with Crippen LogP contribution in [0.5, 0.6) is 0 Å². The van der Waals surface area contributed by atoms with E-state index >= 15 is 0 Å². The molecule has 8 nitrogen and oxygen atoms in total. The van der Waals surface area contributed by atoms with Crippen LogP contribution in [0.25, 0.3) is 11.4 Å². The molecule has 4 aromatic rings. The molecule has 10 heteroatoms. The number of anilines is 1. The summed E-state index contributed by atoms with van der Waals surface area (Å²) in [7, 11) is 0. The van der Waals surface area contributed by atoms with E-state index < -0.39 is 5.92 Å². The first-order valence-corrected chi connectivity index (χ1v) is 12.0. The smallest absolute Gasteiger partial charge is 0.257 e. The van der Waals surface area contributed by atoms with Gasteiger partial charge < -0.3 is 9.84 Å². The number of benzene rings is 2. The number of carbonyl (C=O) groups is 2. The topological polar surface area (TPSA) is 110 Å². The average molecular weight is 494 g/mol. The fourth-order valence-corrected chi connectivity index (χ4v) is 5.00. The normalized spacial score (nSPS) is 14.9. The number of nitrogens with zero attached hydrogens (tertiary/aromatic N) is 3. The first-order valence-electron chi connectivity index (χ1n) is 10.8. The summed E-state index contributed by atoms with van der Waals surface area (Å²) in [5.74, 6) is -0.00354. The summed E-state index contributed by atoms with van der Waals surface area (Å²) >= 11 is 7.30. The lowest BCUT2D eigenvalue weighted by atomic mass is 9.90. The van der Waals surface area contributed by atoms with Crippen LogP contribution >= 0.6 is 22.9 Å². The Morgan fingerprint density at radius 1 is 1.09 bits per heavy atom. The lowest BCUT2D eigenvalue weighted by Gasteiger charge is -2.19. The number of hydrogen-bond acceptors (Lipinski definition) is 7. The minimum Gasteiger partial charge on any atom is -0.346 e. The molecule has 1 aliphatic rings. The quantitative estimate of drug-likeness (QED) is 0.398. The van der Waals surface area contributed by atoms with Crippen LogP contribution in [-0.2, 0) is 17.8 Å². The van der Waals surface area contributed by atoms with Gasteiger partial charge in [-0.1, -0.05) is 47.1 Å². The summed E-state index contributed by atoms with van der Waals surface area (Å²) in [6.45, 7) is 0.134. The van der Waals surface area contributed by atoms with Crippen molar-refractivity contribution in [2.24, 2.45) is 0 Å². The number of hydrogen-bond donors (Lipinski definition) is 2. The van der Waals surface area contributed by atoms with E-state index in [4.69, 9.17) is 16.1 Å². The Kier molecular flexibility index (Phi) is 6.37. The third kappa shape index (κ3) is 4.85. The van der Waals surface area contributed by atoms with E-state index in [2.05, 4.69) is 25.8 Å². The number of nitrogens with one attached hydrogen (secondary N) is 2. The maximum absolute atomic E-state index is 13.0. The molecule has 172 valence electrons. The van der Waals surface area contributed by atoms with Crippen molar-refractivity contribution in [2.45, 2.75) is 31.7 Å². The van der Waals surface area contributed by atoms with Gasteiger partial charge >= 0.3 is 0 Å². The highest BCUT2D eigenvalue weighted by Gasteiger charge is 2.30. The van der Waals surface area contributed by atoms with Crippen molar-refractivity contribution in [3.8, 4) is 11.4 Å². The largest absolute Gasteiger partial charge is 0.346 e. The zero-order valence-corrected chi connectivity index (χ0v) is 19.5. The molecule has 0 saturated carbocycles. The van der Waals surface area contributed by atoms with Gasteiger partial charge in [-0.15, -0.1) is 11.3 Å². The van der Waals surface area contributed by atoms with Crippen LogP contribution in [0.15, 0.2) is 59.1 Å². The van der Waals surface area contributed by atoms with E-state index in [0.29, 0.717) is 33.9 Å². The van der Waals surface area contributed by atoms with Crippen molar-refractivity contribution in [1.82, 2.24) is 20.4 Å². The van der Waals surface area contributed by atoms with Crippen LogP contribution in [0.2, 0.25) is 5.02 Å². The predicted molar refractivity (Wildman–Crippen MR) is 129 cm³/mol. The van der Waals surface area contributed by atoms with Crippen LogP contribution in [0.4, 0.5) is 5.13 Å². The van der Waals surface area contributed by atoms with Crippen molar-refractivity contribution >= 4 is 39.9 Å². The number of carbonyl (C=O) groups excluding carboxylic acids is 2. The fraction of sp³-hybridized carbons (Fsp3) is 0.208. The molecule has 5 rings (SSSR count). The lowest BCUT2D eigenvalue weighted by Crippen LogP contribution is -2.31. The Labute approximate surface area is 204 Å². The van der Waals surface area contributed by atoms with Crippen molar-refractivity contribution in [2.75, 3.05) is 5.32 Å². The molecule has 0 fully saturated rings. The predicted octanol–water partition coefficient (Wildman–Crippen LogP) is 4.84. The molecule has 2 aromatic carbocycles. The van der Waals surface area contributed by atoms with Gasteiger partial charge in [0.05, 0.1) is 18.2 Å². The van der Waals surface area contributed by atoms with E-state index in [9.17, 15) is 9.59 Å². The number of aromatic nitrogens is 3. The molecule has 34 heavy (non-hydrogen) atoms. The molecule has 2 N–H and O–H groups in total. The molecule has 0 spiro atoms. The summed E-state index contributed by atoms with van der Waals surface area (Å²) in [6.07, 6.45) is 2.39. The number of thiazole rings is 1. The molecule has 0 aliphatic heterocycles. The van der Waals surface area contributed by atoms with Crippen LogP contribution < -0.4 is 10.6 Å². The molecular weight excluding hydrogens is 474 g/mol. The van der Waals surface area contributed by atoms with Gasteiger partial charge in [-0.25, -0.2) is 4.98 Å². The maximum atomic E-state index is 13.0. The van der Waals surface area contributed by atoms with Crippen LogP contribution in [0.1, 0.15) is 45.6 Å². The number of aryl methyl sites for hydroxylation is 1. The Bertz CT molecular complexity index is 1320.